The molecule has 0 heterocycles. The molecule has 2 rings (SSSR count). The van der Waals surface area contributed by atoms with Crippen LogP contribution in [0.25, 0.3) is 0 Å². The molecule has 1 atom stereocenters. The summed E-state index contributed by atoms with van der Waals surface area (Å²) in [5.41, 5.74) is 0.749. The summed E-state index contributed by atoms with van der Waals surface area (Å²) < 4.78 is 52.8. The first-order valence-corrected chi connectivity index (χ1v) is 12.9. The van der Waals surface area contributed by atoms with Crippen LogP contribution in [-0.2, 0) is 20.7 Å². The number of aliphatic carboxylic acids is 1. The number of carboxylic acid groups (broad SMARTS) is 1. The SMILES string of the molecule is CCOC(Cc1ccc(OCCN(CCCCSc2ccccc2)C(=O)OCC(F)(F)F)cc1)C(=O)O. The zero-order valence-corrected chi connectivity index (χ0v) is 21.4. The highest BCUT2D eigenvalue weighted by Crippen LogP contribution is 2.19. The van der Waals surface area contributed by atoms with E-state index in [1.165, 1.54) is 4.90 Å². The molecule has 2 aromatic carbocycles. The molecule has 37 heavy (non-hydrogen) atoms. The number of benzene rings is 2. The Bertz CT molecular complexity index is 944. The number of carbonyl (C=O) groups excluding carboxylic acids is 1. The second-order valence-corrected chi connectivity index (χ2v) is 9.17. The van der Waals surface area contributed by atoms with Crippen molar-refractivity contribution in [2.45, 2.75) is 43.4 Å². The Morgan fingerprint density at radius 3 is 2.35 bits per heavy atom. The summed E-state index contributed by atoms with van der Waals surface area (Å²) >= 11 is 1.67. The highest BCUT2D eigenvalue weighted by molar-refractivity contribution is 7.99. The number of hydrogen-bond acceptors (Lipinski definition) is 6. The van der Waals surface area contributed by atoms with E-state index in [0.717, 1.165) is 22.6 Å². The van der Waals surface area contributed by atoms with Gasteiger partial charge < -0.3 is 24.2 Å². The fourth-order valence-electron chi connectivity index (χ4n) is 3.27. The Labute approximate surface area is 218 Å². The van der Waals surface area contributed by atoms with Crippen molar-refractivity contribution in [3.63, 3.8) is 0 Å². The Kier molecular flexibility index (Phi) is 13.1. The van der Waals surface area contributed by atoms with Gasteiger partial charge in [0.25, 0.3) is 0 Å². The average Bonchev–Trinajstić information content (AvgIpc) is 2.86. The normalized spacial score (nSPS) is 12.1. The maximum absolute atomic E-state index is 12.5. The van der Waals surface area contributed by atoms with E-state index >= 15 is 0 Å². The number of carboxylic acids is 1. The molecule has 0 aliphatic rings. The number of unbranched alkanes of at least 4 members (excludes halogenated alkanes) is 1. The number of alkyl halides is 3. The third kappa shape index (κ3) is 12.7. The Balaban J connectivity index is 1.83. The molecular weight excluding hydrogens is 511 g/mol. The van der Waals surface area contributed by atoms with Crippen LogP contribution in [0.2, 0.25) is 0 Å². The molecule has 7 nitrogen and oxygen atoms in total. The van der Waals surface area contributed by atoms with Crippen LogP contribution in [0, 0.1) is 0 Å². The predicted molar refractivity (Wildman–Crippen MR) is 134 cm³/mol. The zero-order chi connectivity index (χ0) is 27.1. The Morgan fingerprint density at radius 1 is 1.03 bits per heavy atom. The predicted octanol–water partition coefficient (Wildman–Crippen LogP) is 5.67. The standard InChI is InChI=1S/C26H32F3NO6S/c1-2-34-23(24(31)32)18-20-10-12-21(13-11-20)35-16-15-30(25(33)36-19-26(27,28)29)14-6-7-17-37-22-8-4-3-5-9-22/h3-5,8-13,23H,2,6-7,14-19H2,1H3,(H,31,32). The number of carbonyl (C=O) groups is 2. The van der Waals surface area contributed by atoms with Gasteiger partial charge in [0, 0.05) is 24.5 Å². The largest absolute Gasteiger partial charge is 0.492 e. The van der Waals surface area contributed by atoms with Crippen LogP contribution in [0.4, 0.5) is 18.0 Å². The minimum absolute atomic E-state index is 0.0513. The molecule has 1 unspecified atom stereocenters. The Hall–Kier alpha value is -2.92. The van der Waals surface area contributed by atoms with Gasteiger partial charge in [0.2, 0.25) is 0 Å². The molecule has 1 amide bonds. The van der Waals surface area contributed by atoms with Crippen LogP contribution in [-0.4, -0.2) is 73.0 Å². The summed E-state index contributed by atoms with van der Waals surface area (Å²) in [6, 6.07) is 16.6. The maximum atomic E-state index is 12.5. The highest BCUT2D eigenvalue weighted by atomic mass is 32.2. The summed E-state index contributed by atoms with van der Waals surface area (Å²) in [4.78, 5) is 25.8. The minimum atomic E-state index is -4.60. The summed E-state index contributed by atoms with van der Waals surface area (Å²) in [7, 11) is 0. The monoisotopic (exact) mass is 543 g/mol. The van der Waals surface area contributed by atoms with Crippen LogP contribution >= 0.6 is 11.8 Å². The molecule has 0 fully saturated rings. The third-order valence-electron chi connectivity index (χ3n) is 5.07. The third-order valence-corrected chi connectivity index (χ3v) is 6.17. The molecule has 11 heteroatoms. The fraction of sp³-hybridized carbons (Fsp3) is 0.462. The minimum Gasteiger partial charge on any atom is -0.492 e. The number of amides is 1. The van der Waals surface area contributed by atoms with Crippen molar-refractivity contribution in [3.05, 3.63) is 60.2 Å². The van der Waals surface area contributed by atoms with Crippen LogP contribution in [0.1, 0.15) is 25.3 Å². The number of halogens is 3. The van der Waals surface area contributed by atoms with E-state index in [-0.39, 0.29) is 32.7 Å². The second kappa shape index (κ2) is 16.0. The molecule has 0 spiro atoms. The number of ether oxygens (including phenoxy) is 3. The lowest BCUT2D eigenvalue weighted by atomic mass is 10.1. The van der Waals surface area contributed by atoms with E-state index in [4.69, 9.17) is 9.47 Å². The topological polar surface area (TPSA) is 85.3 Å². The molecule has 0 aliphatic carbocycles. The lowest BCUT2D eigenvalue weighted by molar-refractivity contribution is -0.162. The first-order valence-electron chi connectivity index (χ1n) is 11.9. The molecular formula is C26H32F3NO6S. The molecule has 0 radical (unpaired) electrons. The molecule has 204 valence electrons. The van der Waals surface area contributed by atoms with Gasteiger partial charge in [-0.05, 0) is 55.3 Å². The van der Waals surface area contributed by atoms with Crippen LogP contribution < -0.4 is 4.74 Å². The van der Waals surface area contributed by atoms with Crippen molar-refractivity contribution in [1.29, 1.82) is 0 Å². The van der Waals surface area contributed by atoms with Gasteiger partial charge in [-0.3, -0.25) is 0 Å². The first-order chi connectivity index (χ1) is 17.7. The first kappa shape index (κ1) is 30.3. The summed E-state index contributed by atoms with van der Waals surface area (Å²) in [6.07, 6.45) is -5.02. The van der Waals surface area contributed by atoms with Gasteiger partial charge in [-0.15, -0.1) is 11.8 Å². The quantitative estimate of drug-likeness (QED) is 0.216. The molecule has 2 aromatic rings. The van der Waals surface area contributed by atoms with Crippen LogP contribution in [0.15, 0.2) is 59.5 Å². The van der Waals surface area contributed by atoms with Crippen molar-refractivity contribution in [3.8, 4) is 5.75 Å². The smallest absolute Gasteiger partial charge is 0.422 e. The van der Waals surface area contributed by atoms with Crippen LogP contribution in [0.5, 0.6) is 5.75 Å². The van der Waals surface area contributed by atoms with E-state index in [1.807, 2.05) is 30.3 Å². The van der Waals surface area contributed by atoms with Crippen molar-refractivity contribution < 1.29 is 42.1 Å². The second-order valence-electron chi connectivity index (χ2n) is 8.00. The van der Waals surface area contributed by atoms with E-state index < -0.39 is 30.9 Å². The van der Waals surface area contributed by atoms with Gasteiger partial charge in [-0.1, -0.05) is 30.3 Å². The van der Waals surface area contributed by atoms with E-state index in [2.05, 4.69) is 4.74 Å². The van der Waals surface area contributed by atoms with E-state index in [0.29, 0.717) is 12.2 Å². The average molecular weight is 544 g/mol. The Morgan fingerprint density at radius 2 is 1.73 bits per heavy atom. The highest BCUT2D eigenvalue weighted by Gasteiger charge is 2.30. The van der Waals surface area contributed by atoms with Gasteiger partial charge in [0.1, 0.15) is 12.4 Å². The number of nitrogens with zero attached hydrogens (tertiary/aromatic N) is 1. The summed E-state index contributed by atoms with van der Waals surface area (Å²) in [6.45, 7) is 0.701. The van der Waals surface area contributed by atoms with Gasteiger partial charge in [-0.2, -0.15) is 13.2 Å². The number of thioether (sulfide) groups is 1. The van der Waals surface area contributed by atoms with Gasteiger partial charge in [0.15, 0.2) is 12.7 Å². The molecule has 1 N–H and O–H groups in total. The lowest BCUT2D eigenvalue weighted by Crippen LogP contribution is -2.37. The van der Waals surface area contributed by atoms with Gasteiger partial charge >= 0.3 is 18.2 Å². The number of rotatable bonds is 16. The lowest BCUT2D eigenvalue weighted by Gasteiger charge is -2.22. The maximum Gasteiger partial charge on any atom is 0.422 e. The zero-order valence-electron chi connectivity index (χ0n) is 20.6. The molecule has 0 saturated heterocycles. The number of hydrogen-bond donors (Lipinski definition) is 1. The van der Waals surface area contributed by atoms with Crippen LogP contribution in [0.3, 0.4) is 0 Å². The van der Waals surface area contributed by atoms with Crippen molar-refractivity contribution >= 4 is 23.8 Å². The van der Waals surface area contributed by atoms with Gasteiger partial charge in [-0.25, -0.2) is 9.59 Å². The van der Waals surface area contributed by atoms with E-state index in [9.17, 15) is 27.9 Å². The van der Waals surface area contributed by atoms with Crippen molar-refractivity contribution in [1.82, 2.24) is 4.90 Å². The van der Waals surface area contributed by atoms with Crippen molar-refractivity contribution in [2.24, 2.45) is 0 Å². The fourth-order valence-corrected chi connectivity index (χ4v) is 4.20. The summed E-state index contributed by atoms with van der Waals surface area (Å²) in [5.74, 6) is 0.248. The van der Waals surface area contributed by atoms with Gasteiger partial charge in [0.05, 0.1) is 6.54 Å². The molecule has 0 saturated carbocycles. The summed E-state index contributed by atoms with van der Waals surface area (Å²) in [5, 5.41) is 9.20. The van der Waals surface area contributed by atoms with Crippen molar-refractivity contribution in [2.75, 3.05) is 38.7 Å². The molecule has 0 aromatic heterocycles. The molecule has 0 bridgehead atoms. The van der Waals surface area contributed by atoms with E-state index in [1.54, 1.807) is 43.0 Å². The molecule has 0 aliphatic heterocycles.